The van der Waals surface area contributed by atoms with Gasteiger partial charge in [-0.05, 0) is 12.1 Å². The van der Waals surface area contributed by atoms with Crippen molar-refractivity contribution in [2.45, 2.75) is 51.4 Å². The van der Waals surface area contributed by atoms with Crippen LogP contribution >= 0.6 is 0 Å². The van der Waals surface area contributed by atoms with Crippen LogP contribution in [0.5, 0.6) is 0 Å². The van der Waals surface area contributed by atoms with E-state index in [2.05, 4.69) is 39.3 Å². The predicted octanol–water partition coefficient (Wildman–Crippen LogP) is 3.23. The highest BCUT2D eigenvalue weighted by molar-refractivity contribution is 6.76. The highest BCUT2D eigenvalue weighted by Crippen LogP contribution is 2.08. The lowest BCUT2D eigenvalue weighted by Crippen LogP contribution is -2.24. The summed E-state index contributed by atoms with van der Waals surface area (Å²) in [4.78, 5) is 0. The average molecular weight is 245 g/mol. The van der Waals surface area contributed by atoms with Crippen molar-refractivity contribution in [2.24, 2.45) is 0 Å². The molecule has 0 heterocycles. The van der Waals surface area contributed by atoms with Gasteiger partial charge < -0.3 is 9.31 Å². The molecule has 0 fully saturated rings. The van der Waals surface area contributed by atoms with E-state index in [1.165, 1.54) is 19.8 Å². The largest absolute Gasteiger partial charge is 0.487 e. The molecule has 0 unspecified atom stereocenters. The van der Waals surface area contributed by atoms with E-state index in [0.717, 1.165) is 13.2 Å². The van der Waals surface area contributed by atoms with E-state index in [4.69, 9.17) is 9.31 Å². The summed E-state index contributed by atoms with van der Waals surface area (Å²) in [6.45, 7) is 15.7. The molecule has 0 saturated carbocycles. The highest BCUT2D eigenvalue weighted by atomic mass is 28.3. The van der Waals surface area contributed by atoms with Gasteiger partial charge in [0.15, 0.2) is 0 Å². The summed E-state index contributed by atoms with van der Waals surface area (Å²) < 4.78 is 10.7. The molecule has 0 saturated heterocycles. The van der Waals surface area contributed by atoms with Gasteiger partial charge in [-0.15, -0.1) is 0 Å². The maximum Gasteiger partial charge on any atom is 0.487 e. The van der Waals surface area contributed by atoms with Crippen LogP contribution in [-0.4, -0.2) is 37.0 Å². The van der Waals surface area contributed by atoms with Crippen molar-refractivity contribution in [1.29, 1.82) is 0 Å². The first kappa shape index (κ1) is 15.4. The lowest BCUT2D eigenvalue weighted by atomic mass is 10.4. The summed E-state index contributed by atoms with van der Waals surface area (Å²) in [6.07, 6.45) is 0. The molecule has 0 aromatic rings. The van der Waals surface area contributed by atoms with Crippen LogP contribution in [-0.2, 0) is 9.31 Å². The van der Waals surface area contributed by atoms with Crippen molar-refractivity contribution in [3.63, 3.8) is 0 Å². The Morgan fingerprint density at radius 3 is 1.33 bits per heavy atom. The first-order valence-corrected chi connectivity index (χ1v) is 13.2. The van der Waals surface area contributed by atoms with Crippen molar-refractivity contribution < 1.29 is 9.31 Å². The molecule has 0 aromatic carbocycles. The molecule has 15 heavy (non-hydrogen) atoms. The van der Waals surface area contributed by atoms with Gasteiger partial charge in [0.05, 0.1) is 0 Å². The van der Waals surface area contributed by atoms with Gasteiger partial charge in [-0.2, -0.15) is 0 Å². The third-order valence-corrected chi connectivity index (χ3v) is 5.48. The fraction of sp³-hybridized carbons (Fsp3) is 1.00. The summed E-state index contributed by atoms with van der Waals surface area (Å²) in [5, 5.41) is 0. The SMILES string of the molecule is C[Si](C)(C)CCO[B]OCC[Si](C)(C)C. The summed E-state index contributed by atoms with van der Waals surface area (Å²) in [5.74, 6) is 0. The second-order valence-electron chi connectivity index (χ2n) is 6.46. The minimum Gasteiger partial charge on any atom is -0.414 e. The summed E-state index contributed by atoms with van der Waals surface area (Å²) in [7, 11) is -0.371. The lowest BCUT2D eigenvalue weighted by Gasteiger charge is -2.16. The fourth-order valence-electron chi connectivity index (χ4n) is 0.875. The Hall–Kier alpha value is 0.419. The quantitative estimate of drug-likeness (QED) is 0.483. The monoisotopic (exact) mass is 245 g/mol. The minimum atomic E-state index is -0.949. The van der Waals surface area contributed by atoms with Crippen LogP contribution in [0.4, 0.5) is 0 Å². The third-order valence-electron chi connectivity index (χ3n) is 2.08. The van der Waals surface area contributed by atoms with Gasteiger partial charge in [0.25, 0.3) is 0 Å². The van der Waals surface area contributed by atoms with E-state index < -0.39 is 16.1 Å². The van der Waals surface area contributed by atoms with E-state index in [9.17, 15) is 0 Å². The van der Waals surface area contributed by atoms with Crippen LogP contribution in [0.2, 0.25) is 51.4 Å². The summed E-state index contributed by atoms with van der Waals surface area (Å²) in [6, 6.07) is 2.39. The molecule has 0 spiro atoms. The maximum absolute atomic E-state index is 5.33. The van der Waals surface area contributed by atoms with Crippen molar-refractivity contribution in [3.8, 4) is 0 Å². The van der Waals surface area contributed by atoms with Gasteiger partial charge in [-0.25, -0.2) is 0 Å². The van der Waals surface area contributed by atoms with Gasteiger partial charge in [0.2, 0.25) is 0 Å². The first-order chi connectivity index (χ1) is 6.71. The Morgan fingerprint density at radius 1 is 0.733 bits per heavy atom. The Morgan fingerprint density at radius 2 is 1.07 bits per heavy atom. The molecule has 89 valence electrons. The topological polar surface area (TPSA) is 18.5 Å². The van der Waals surface area contributed by atoms with E-state index in [1.54, 1.807) is 0 Å². The maximum atomic E-state index is 5.33. The molecule has 0 aliphatic heterocycles. The van der Waals surface area contributed by atoms with E-state index in [-0.39, 0.29) is 0 Å². The van der Waals surface area contributed by atoms with Gasteiger partial charge in [-0.1, -0.05) is 39.3 Å². The molecule has 0 aromatic heterocycles. The molecule has 0 bridgehead atoms. The molecule has 0 aliphatic carbocycles. The van der Waals surface area contributed by atoms with E-state index in [0.29, 0.717) is 0 Å². The van der Waals surface area contributed by atoms with Crippen molar-refractivity contribution in [2.75, 3.05) is 13.2 Å². The van der Waals surface area contributed by atoms with Gasteiger partial charge >= 0.3 is 7.69 Å². The second-order valence-corrected chi connectivity index (χ2v) is 17.7. The summed E-state index contributed by atoms with van der Waals surface area (Å²) >= 11 is 0. The molecular weight excluding hydrogens is 219 g/mol. The van der Waals surface area contributed by atoms with Crippen LogP contribution in [0.25, 0.3) is 0 Å². The molecule has 0 atom stereocenters. The number of hydrogen-bond donors (Lipinski definition) is 0. The van der Waals surface area contributed by atoms with Gasteiger partial charge in [0.1, 0.15) is 0 Å². The Kier molecular flexibility index (Phi) is 7.08. The molecule has 0 amide bonds. The first-order valence-electron chi connectivity index (χ1n) is 5.76. The van der Waals surface area contributed by atoms with Crippen molar-refractivity contribution in [3.05, 3.63) is 0 Å². The average Bonchev–Trinajstić information content (AvgIpc) is 1.98. The molecular formula is C10H26BO2Si2. The third kappa shape index (κ3) is 14.4. The number of hydrogen-bond acceptors (Lipinski definition) is 2. The van der Waals surface area contributed by atoms with Crippen LogP contribution in [0, 0.1) is 0 Å². The molecule has 1 radical (unpaired) electrons. The van der Waals surface area contributed by atoms with Crippen LogP contribution in [0.3, 0.4) is 0 Å². The van der Waals surface area contributed by atoms with Crippen LogP contribution in [0.1, 0.15) is 0 Å². The zero-order valence-electron chi connectivity index (χ0n) is 11.2. The zero-order chi connectivity index (χ0) is 11.9. The smallest absolute Gasteiger partial charge is 0.414 e. The van der Waals surface area contributed by atoms with Crippen LogP contribution in [0.15, 0.2) is 0 Å². The molecule has 5 heteroatoms. The predicted molar refractivity (Wildman–Crippen MR) is 74.0 cm³/mol. The second kappa shape index (κ2) is 6.89. The van der Waals surface area contributed by atoms with Gasteiger partial charge in [-0.3, -0.25) is 0 Å². The van der Waals surface area contributed by atoms with Crippen molar-refractivity contribution in [1.82, 2.24) is 0 Å². The molecule has 0 rings (SSSR count). The molecule has 0 N–H and O–H groups in total. The Labute approximate surface area is 98.1 Å². The fourth-order valence-corrected chi connectivity index (χ4v) is 2.34. The van der Waals surface area contributed by atoms with E-state index in [1.807, 2.05) is 0 Å². The van der Waals surface area contributed by atoms with Crippen molar-refractivity contribution >= 4 is 23.8 Å². The number of rotatable bonds is 8. The van der Waals surface area contributed by atoms with Gasteiger partial charge in [0, 0.05) is 29.4 Å². The standard InChI is InChI=1S/C10H26BO2Si2/c1-14(2,3)9-7-12-11-13-8-10-15(4,5)6/h7-10H2,1-6H3. The summed E-state index contributed by atoms with van der Waals surface area (Å²) in [5.41, 5.74) is 0. The molecule has 2 nitrogen and oxygen atoms in total. The zero-order valence-corrected chi connectivity index (χ0v) is 13.2. The minimum absolute atomic E-state index is 0.808. The Balaban J connectivity index is 3.20. The Bertz CT molecular complexity index is 146. The van der Waals surface area contributed by atoms with Crippen LogP contribution < -0.4 is 0 Å². The van der Waals surface area contributed by atoms with E-state index >= 15 is 0 Å². The highest BCUT2D eigenvalue weighted by Gasteiger charge is 2.13. The normalized spacial score (nSPS) is 12.9. The molecule has 0 aliphatic rings. The lowest BCUT2D eigenvalue weighted by molar-refractivity contribution is 0.239.